The molecular weight excluding hydrogens is 711 g/mol. The maximum atomic E-state index is 2.40. The summed E-state index contributed by atoms with van der Waals surface area (Å²) in [6.45, 7) is 0. The van der Waals surface area contributed by atoms with Crippen molar-refractivity contribution in [3.05, 3.63) is 237 Å². The topological polar surface area (TPSA) is 3.24 Å². The quantitative estimate of drug-likeness (QED) is 0.147. The number of nitrogens with zero attached hydrogens (tertiary/aromatic N) is 1. The van der Waals surface area contributed by atoms with Gasteiger partial charge >= 0.3 is 0 Å². The van der Waals surface area contributed by atoms with Crippen LogP contribution in [0.4, 0.5) is 17.1 Å². The van der Waals surface area contributed by atoms with E-state index in [1.165, 1.54) is 87.6 Å². The second-order valence-electron chi connectivity index (χ2n) is 15.3. The van der Waals surface area contributed by atoms with Gasteiger partial charge in [0.15, 0.2) is 0 Å². The molecular formula is C58H39N. The lowest BCUT2D eigenvalue weighted by Crippen LogP contribution is -2.11. The summed E-state index contributed by atoms with van der Waals surface area (Å²) in [4.78, 5) is 2.40. The highest BCUT2D eigenvalue weighted by Crippen LogP contribution is 2.43. The maximum absolute atomic E-state index is 2.40. The lowest BCUT2D eigenvalue weighted by molar-refractivity contribution is 1.28. The van der Waals surface area contributed by atoms with Gasteiger partial charge in [-0.25, -0.2) is 0 Å². The van der Waals surface area contributed by atoms with E-state index in [0.717, 1.165) is 17.1 Å². The minimum atomic E-state index is 1.10. The number of fused-ring (bicyclic) bond motifs is 6. The summed E-state index contributed by atoms with van der Waals surface area (Å²) in [6, 6.07) is 86.1. The van der Waals surface area contributed by atoms with Crippen LogP contribution in [0.25, 0.3) is 87.6 Å². The first-order chi connectivity index (χ1) is 29.3. The van der Waals surface area contributed by atoms with Crippen LogP contribution in [-0.4, -0.2) is 0 Å². The van der Waals surface area contributed by atoms with Gasteiger partial charge in [-0.15, -0.1) is 0 Å². The van der Waals surface area contributed by atoms with Crippen LogP contribution in [0.5, 0.6) is 0 Å². The smallest absolute Gasteiger partial charge is 0.0540 e. The molecule has 1 heteroatoms. The van der Waals surface area contributed by atoms with Crippen LogP contribution < -0.4 is 4.90 Å². The molecule has 0 amide bonds. The highest BCUT2D eigenvalue weighted by Gasteiger charge is 2.18. The Morgan fingerprint density at radius 3 is 1.56 bits per heavy atom. The Morgan fingerprint density at radius 1 is 0.237 bits per heavy atom. The van der Waals surface area contributed by atoms with Crippen LogP contribution in [-0.2, 0) is 0 Å². The number of para-hydroxylation sites is 1. The van der Waals surface area contributed by atoms with E-state index in [1.54, 1.807) is 0 Å². The Kier molecular flexibility index (Phi) is 8.56. The van der Waals surface area contributed by atoms with Crippen LogP contribution in [0.2, 0.25) is 0 Å². The first-order valence-corrected chi connectivity index (χ1v) is 20.3. The average Bonchev–Trinajstić information content (AvgIpc) is 3.32. The van der Waals surface area contributed by atoms with Crippen molar-refractivity contribution in [2.75, 3.05) is 4.90 Å². The SMILES string of the molecule is c1ccc(-c2ccccc2N(c2ccc(-c3cccc4ccccc34)cc2)c2cccc(-c3ccc(-c4cccc5c4ccc4ccc6ccccc6c45)cc3)c2)cc1. The molecule has 0 bridgehead atoms. The number of hydrogen-bond acceptors (Lipinski definition) is 1. The van der Waals surface area contributed by atoms with E-state index in [0.29, 0.717) is 0 Å². The van der Waals surface area contributed by atoms with Gasteiger partial charge in [-0.1, -0.05) is 206 Å². The van der Waals surface area contributed by atoms with Crippen molar-refractivity contribution in [1.29, 1.82) is 0 Å². The van der Waals surface area contributed by atoms with Crippen molar-refractivity contribution in [2.45, 2.75) is 0 Å². The summed E-state index contributed by atoms with van der Waals surface area (Å²) >= 11 is 0. The lowest BCUT2D eigenvalue weighted by Gasteiger charge is -2.28. The fourth-order valence-corrected chi connectivity index (χ4v) is 9.01. The molecule has 0 N–H and O–H groups in total. The third kappa shape index (κ3) is 6.21. The summed E-state index contributed by atoms with van der Waals surface area (Å²) < 4.78 is 0. The first kappa shape index (κ1) is 34.5. The van der Waals surface area contributed by atoms with E-state index >= 15 is 0 Å². The molecule has 0 fully saturated rings. The van der Waals surface area contributed by atoms with Crippen LogP contribution >= 0.6 is 0 Å². The first-order valence-electron chi connectivity index (χ1n) is 20.3. The molecule has 0 aliphatic carbocycles. The Bertz CT molecular complexity index is 3300. The zero-order chi connectivity index (χ0) is 39.1. The van der Waals surface area contributed by atoms with Crippen molar-refractivity contribution in [2.24, 2.45) is 0 Å². The monoisotopic (exact) mass is 749 g/mol. The van der Waals surface area contributed by atoms with Crippen LogP contribution in [0.3, 0.4) is 0 Å². The Balaban J connectivity index is 0.994. The van der Waals surface area contributed by atoms with Gasteiger partial charge in [0, 0.05) is 16.9 Å². The van der Waals surface area contributed by atoms with Crippen molar-refractivity contribution in [3.63, 3.8) is 0 Å². The highest BCUT2D eigenvalue weighted by molar-refractivity contribution is 6.22. The highest BCUT2D eigenvalue weighted by atomic mass is 15.1. The molecule has 11 aromatic rings. The second kappa shape index (κ2) is 14.6. The summed E-state index contributed by atoms with van der Waals surface area (Å²) in [5, 5.41) is 10.2. The van der Waals surface area contributed by atoms with E-state index in [4.69, 9.17) is 0 Å². The molecule has 11 aromatic carbocycles. The van der Waals surface area contributed by atoms with Crippen LogP contribution in [0.15, 0.2) is 237 Å². The average molecular weight is 750 g/mol. The number of rotatable bonds is 7. The molecule has 59 heavy (non-hydrogen) atoms. The Hall–Kier alpha value is -7.74. The van der Waals surface area contributed by atoms with E-state index in [-0.39, 0.29) is 0 Å². The predicted molar refractivity (Wildman–Crippen MR) is 253 cm³/mol. The molecule has 0 aliphatic heterocycles. The molecule has 0 spiro atoms. The van der Waals surface area contributed by atoms with Crippen molar-refractivity contribution >= 4 is 60.2 Å². The molecule has 0 saturated heterocycles. The minimum absolute atomic E-state index is 1.10. The summed E-state index contributed by atoms with van der Waals surface area (Å²) in [6.07, 6.45) is 0. The van der Waals surface area contributed by atoms with Crippen LogP contribution in [0, 0.1) is 0 Å². The number of hydrogen-bond donors (Lipinski definition) is 0. The summed E-state index contributed by atoms with van der Waals surface area (Å²) in [5.74, 6) is 0. The number of anilines is 3. The molecule has 0 saturated carbocycles. The summed E-state index contributed by atoms with van der Waals surface area (Å²) in [7, 11) is 0. The Labute approximate surface area is 344 Å². The van der Waals surface area contributed by atoms with Crippen molar-refractivity contribution in [3.8, 4) is 44.5 Å². The Morgan fingerprint density at radius 2 is 0.746 bits per heavy atom. The van der Waals surface area contributed by atoms with Gasteiger partial charge < -0.3 is 4.90 Å². The molecule has 0 unspecified atom stereocenters. The van der Waals surface area contributed by atoms with Crippen molar-refractivity contribution < 1.29 is 0 Å². The van der Waals surface area contributed by atoms with E-state index in [1.807, 2.05) is 0 Å². The van der Waals surface area contributed by atoms with Gasteiger partial charge in [-0.2, -0.15) is 0 Å². The third-order valence-corrected chi connectivity index (χ3v) is 11.9. The molecule has 0 heterocycles. The lowest BCUT2D eigenvalue weighted by atomic mass is 9.91. The predicted octanol–water partition coefficient (Wildman–Crippen LogP) is 16.4. The molecule has 276 valence electrons. The normalized spacial score (nSPS) is 11.4. The van der Waals surface area contributed by atoms with Crippen LogP contribution in [0.1, 0.15) is 0 Å². The maximum Gasteiger partial charge on any atom is 0.0540 e. The largest absolute Gasteiger partial charge is 0.310 e. The van der Waals surface area contributed by atoms with Gasteiger partial charge in [-0.05, 0) is 112 Å². The van der Waals surface area contributed by atoms with Gasteiger partial charge in [-0.3, -0.25) is 0 Å². The molecule has 0 atom stereocenters. The van der Waals surface area contributed by atoms with E-state index in [2.05, 4.69) is 241 Å². The van der Waals surface area contributed by atoms with Gasteiger partial charge in [0.05, 0.1) is 5.69 Å². The molecule has 11 rings (SSSR count). The van der Waals surface area contributed by atoms with E-state index in [9.17, 15) is 0 Å². The van der Waals surface area contributed by atoms with Gasteiger partial charge in [0.1, 0.15) is 0 Å². The fraction of sp³-hybridized carbons (Fsp3) is 0. The fourth-order valence-electron chi connectivity index (χ4n) is 9.01. The van der Waals surface area contributed by atoms with E-state index < -0.39 is 0 Å². The van der Waals surface area contributed by atoms with Gasteiger partial charge in [0.25, 0.3) is 0 Å². The molecule has 1 nitrogen and oxygen atoms in total. The van der Waals surface area contributed by atoms with Crippen molar-refractivity contribution in [1.82, 2.24) is 0 Å². The van der Waals surface area contributed by atoms with Gasteiger partial charge in [0.2, 0.25) is 0 Å². The standard InChI is InChI=1S/C58H39N/c1-2-13-42(14-3-1)53-21-8-9-26-57(53)59(48-36-33-45(34-37-48)51-23-11-17-41-15-4-6-20-50(41)51)49-19-10-18-47(39-49)40-27-29-44(30-28-40)52-24-12-25-56-55(52)38-35-46-32-31-43-16-5-7-22-54(43)58(46)56/h1-39H. The number of benzene rings is 11. The minimum Gasteiger partial charge on any atom is -0.310 e. The zero-order valence-corrected chi connectivity index (χ0v) is 32.5. The molecule has 0 aliphatic rings. The molecule has 0 radical (unpaired) electrons. The third-order valence-electron chi connectivity index (χ3n) is 11.9. The second-order valence-corrected chi connectivity index (χ2v) is 15.3. The molecule has 0 aromatic heterocycles. The summed E-state index contributed by atoms with van der Waals surface area (Å²) in [5.41, 5.74) is 12.9. The zero-order valence-electron chi connectivity index (χ0n) is 32.5.